The zero-order chi connectivity index (χ0) is 25.9. The first-order valence-electron chi connectivity index (χ1n) is 13.6. The Balaban J connectivity index is 1.22. The van der Waals surface area contributed by atoms with Crippen LogP contribution in [0.5, 0.6) is 0 Å². The van der Waals surface area contributed by atoms with E-state index in [4.69, 9.17) is 4.98 Å². The second-order valence-corrected chi connectivity index (χ2v) is 12.2. The summed E-state index contributed by atoms with van der Waals surface area (Å²) in [5.41, 5.74) is 5.16. The van der Waals surface area contributed by atoms with Gasteiger partial charge in [-0.25, -0.2) is 4.98 Å². The molecule has 2 aliphatic heterocycles. The van der Waals surface area contributed by atoms with Crippen LogP contribution in [0.15, 0.2) is 54.6 Å². The Morgan fingerprint density at radius 1 is 1.08 bits per heavy atom. The molecule has 0 aliphatic carbocycles. The molecule has 0 bridgehead atoms. The topological polar surface area (TPSA) is 56.7 Å². The third-order valence-electron chi connectivity index (χ3n) is 8.37. The van der Waals surface area contributed by atoms with Crippen molar-refractivity contribution in [3.05, 3.63) is 86.9 Å². The Labute approximate surface area is 225 Å². The molecule has 196 valence electrons. The number of nitrogens with zero attached hydrogens (tertiary/aromatic N) is 3. The van der Waals surface area contributed by atoms with Gasteiger partial charge in [-0.15, -0.1) is 11.3 Å². The average molecular weight is 518 g/mol. The third-order valence-corrected chi connectivity index (χ3v) is 9.69. The molecule has 0 spiro atoms. The van der Waals surface area contributed by atoms with Crippen LogP contribution in [0.4, 0.5) is 0 Å². The first kappa shape index (κ1) is 26.1. The summed E-state index contributed by atoms with van der Waals surface area (Å²) in [5.74, 6) is 0.695. The molecule has 3 heterocycles. The van der Waals surface area contributed by atoms with Crippen molar-refractivity contribution in [3.63, 3.8) is 0 Å². The predicted molar refractivity (Wildman–Crippen MR) is 151 cm³/mol. The maximum Gasteiger partial charge on any atom is 0.320 e. The second kappa shape index (κ2) is 11.5. The summed E-state index contributed by atoms with van der Waals surface area (Å²) < 4.78 is 0. The Bertz CT molecular complexity index is 1200. The Kier molecular flexibility index (Phi) is 8.08. The van der Waals surface area contributed by atoms with E-state index >= 15 is 0 Å². The van der Waals surface area contributed by atoms with Crippen molar-refractivity contribution in [2.45, 2.75) is 57.9 Å². The fourth-order valence-electron chi connectivity index (χ4n) is 6.24. The van der Waals surface area contributed by atoms with Gasteiger partial charge in [0.05, 0.1) is 10.7 Å². The Hall–Kier alpha value is -2.54. The highest BCUT2D eigenvalue weighted by atomic mass is 32.1. The highest BCUT2D eigenvalue weighted by molar-refractivity contribution is 7.11. The van der Waals surface area contributed by atoms with Crippen LogP contribution < -0.4 is 0 Å². The molecule has 0 saturated carbocycles. The lowest BCUT2D eigenvalue weighted by Crippen LogP contribution is -2.40. The predicted octanol–water partition coefficient (Wildman–Crippen LogP) is 5.72. The van der Waals surface area contributed by atoms with E-state index in [1.165, 1.54) is 45.1 Å². The number of likely N-dealkylation sites (tertiary alicyclic amines) is 2. The summed E-state index contributed by atoms with van der Waals surface area (Å²) in [4.78, 5) is 22.9. The van der Waals surface area contributed by atoms with E-state index in [0.29, 0.717) is 17.8 Å². The summed E-state index contributed by atoms with van der Waals surface area (Å²) in [5, 5.41) is 10.9. The Morgan fingerprint density at radius 3 is 2.54 bits per heavy atom. The fraction of sp³-hybridized carbons (Fsp3) is 0.484. The number of aryl methyl sites for hydroxylation is 2. The number of piperidine rings is 1. The van der Waals surface area contributed by atoms with E-state index in [2.05, 4.69) is 78.2 Å². The summed E-state index contributed by atoms with van der Waals surface area (Å²) >= 11 is 1.91. The second-order valence-electron chi connectivity index (χ2n) is 11.0. The Morgan fingerprint density at radius 2 is 1.84 bits per heavy atom. The van der Waals surface area contributed by atoms with E-state index in [1.807, 2.05) is 18.3 Å². The van der Waals surface area contributed by atoms with Gasteiger partial charge in [-0.3, -0.25) is 9.69 Å². The summed E-state index contributed by atoms with van der Waals surface area (Å²) in [7, 11) is 0. The number of hydrogen-bond acceptors (Lipinski definition) is 5. The van der Waals surface area contributed by atoms with Gasteiger partial charge in [-0.2, -0.15) is 0 Å². The van der Waals surface area contributed by atoms with Crippen LogP contribution in [0.1, 0.15) is 63.9 Å². The zero-order valence-electron chi connectivity index (χ0n) is 22.3. The van der Waals surface area contributed by atoms with Gasteiger partial charge in [-0.05, 0) is 69.7 Å². The maximum atomic E-state index is 11.7. The number of carboxylic acid groups (broad SMARTS) is 1. The van der Waals surface area contributed by atoms with Crippen molar-refractivity contribution in [2.24, 2.45) is 5.92 Å². The number of aliphatic carboxylic acids is 1. The highest BCUT2D eigenvalue weighted by Gasteiger charge is 2.39. The van der Waals surface area contributed by atoms with Crippen molar-refractivity contribution >= 4 is 17.3 Å². The molecular formula is C31H39N3O2S. The molecule has 1 N–H and O–H groups in total. The van der Waals surface area contributed by atoms with Crippen LogP contribution >= 0.6 is 11.3 Å². The van der Waals surface area contributed by atoms with Crippen molar-refractivity contribution in [1.82, 2.24) is 14.8 Å². The smallest absolute Gasteiger partial charge is 0.320 e. The molecule has 0 radical (unpaired) electrons. The number of benzene rings is 2. The quantitative estimate of drug-likeness (QED) is 0.414. The molecule has 2 fully saturated rings. The fourth-order valence-corrected chi connectivity index (χ4v) is 7.51. The minimum absolute atomic E-state index is 0.378. The number of aromatic nitrogens is 1. The molecule has 37 heavy (non-hydrogen) atoms. The van der Waals surface area contributed by atoms with Gasteiger partial charge >= 0.3 is 5.97 Å². The van der Waals surface area contributed by atoms with E-state index in [-0.39, 0.29) is 0 Å². The van der Waals surface area contributed by atoms with Crippen molar-refractivity contribution < 1.29 is 9.90 Å². The lowest BCUT2D eigenvalue weighted by atomic mass is 9.87. The molecule has 3 atom stereocenters. The lowest BCUT2D eigenvalue weighted by Gasteiger charge is -2.34. The van der Waals surface area contributed by atoms with Crippen LogP contribution in [-0.2, 0) is 11.2 Å². The molecule has 2 aliphatic rings. The monoisotopic (exact) mass is 517 g/mol. The lowest BCUT2D eigenvalue weighted by molar-refractivity contribution is -0.142. The van der Waals surface area contributed by atoms with E-state index in [1.54, 1.807) is 0 Å². The van der Waals surface area contributed by atoms with Gasteiger partial charge in [0.15, 0.2) is 0 Å². The van der Waals surface area contributed by atoms with Crippen LogP contribution in [-0.4, -0.2) is 64.6 Å². The SMILES string of the molecule is Cc1cccc([C@H]2CN(C(C)C(=O)O)C[C@@H]2CN2CCC(c3sc(Cc4ccccc4)nc3C)CC2)c1. The third kappa shape index (κ3) is 6.14. The van der Waals surface area contributed by atoms with Crippen molar-refractivity contribution in [2.75, 3.05) is 32.7 Å². The molecule has 3 aromatic rings. The molecule has 5 rings (SSSR count). The minimum Gasteiger partial charge on any atom is -0.480 e. The first-order valence-corrected chi connectivity index (χ1v) is 14.4. The highest BCUT2D eigenvalue weighted by Crippen LogP contribution is 2.38. The van der Waals surface area contributed by atoms with Crippen molar-refractivity contribution in [1.29, 1.82) is 0 Å². The normalized spacial score (nSPS) is 22.4. The molecule has 1 aromatic heterocycles. The number of hydrogen-bond donors (Lipinski definition) is 1. The molecule has 0 amide bonds. The number of rotatable bonds is 8. The van der Waals surface area contributed by atoms with Gasteiger partial charge < -0.3 is 10.0 Å². The van der Waals surface area contributed by atoms with Crippen LogP contribution in [0.3, 0.4) is 0 Å². The molecule has 5 nitrogen and oxygen atoms in total. The van der Waals surface area contributed by atoms with Gasteiger partial charge in [0.2, 0.25) is 0 Å². The standard InChI is InChI=1S/C31H39N3O2S/c1-21-8-7-11-26(16-21)28-20-34(23(3)31(35)36)19-27(28)18-33-14-12-25(13-15-33)30-22(2)32-29(37-30)17-24-9-5-4-6-10-24/h4-11,16,23,25,27-28H,12-15,17-20H2,1-3H3,(H,35,36)/t23?,27-,28+/m0/s1. The largest absolute Gasteiger partial charge is 0.480 e. The molecule has 6 heteroatoms. The van der Waals surface area contributed by atoms with E-state index in [9.17, 15) is 9.90 Å². The molecular weight excluding hydrogens is 478 g/mol. The van der Waals surface area contributed by atoms with E-state index in [0.717, 1.165) is 39.1 Å². The van der Waals surface area contributed by atoms with Crippen LogP contribution in [0.2, 0.25) is 0 Å². The van der Waals surface area contributed by atoms with E-state index < -0.39 is 12.0 Å². The molecule has 1 unspecified atom stereocenters. The van der Waals surface area contributed by atoms with Gasteiger partial charge in [-0.1, -0.05) is 60.2 Å². The van der Waals surface area contributed by atoms with Gasteiger partial charge in [0.1, 0.15) is 6.04 Å². The molecule has 2 aromatic carbocycles. The average Bonchev–Trinajstić information content (AvgIpc) is 3.47. The van der Waals surface area contributed by atoms with Crippen LogP contribution in [0, 0.1) is 19.8 Å². The number of carboxylic acids is 1. The van der Waals surface area contributed by atoms with Crippen LogP contribution in [0.25, 0.3) is 0 Å². The summed E-state index contributed by atoms with van der Waals surface area (Å²) in [6.45, 7) is 11.1. The zero-order valence-corrected chi connectivity index (χ0v) is 23.1. The number of carbonyl (C=O) groups is 1. The maximum absolute atomic E-state index is 11.7. The number of thiazole rings is 1. The minimum atomic E-state index is -0.726. The van der Waals surface area contributed by atoms with Crippen molar-refractivity contribution in [3.8, 4) is 0 Å². The van der Waals surface area contributed by atoms with Gasteiger partial charge in [0.25, 0.3) is 0 Å². The summed E-state index contributed by atoms with van der Waals surface area (Å²) in [6, 6.07) is 19.0. The molecule has 2 saturated heterocycles. The summed E-state index contributed by atoms with van der Waals surface area (Å²) in [6.07, 6.45) is 3.26. The van der Waals surface area contributed by atoms with Gasteiger partial charge in [0, 0.05) is 36.9 Å². The first-order chi connectivity index (χ1) is 17.9.